The maximum atomic E-state index is 13.5. The lowest BCUT2D eigenvalue weighted by Crippen LogP contribution is -2.21. The first-order valence-corrected chi connectivity index (χ1v) is 5.89. The summed E-state index contributed by atoms with van der Waals surface area (Å²) in [5.41, 5.74) is 5.88. The Morgan fingerprint density at radius 3 is 2.83 bits per heavy atom. The van der Waals surface area contributed by atoms with Gasteiger partial charge in [-0.15, -0.1) is 0 Å². The fraction of sp³-hybridized carbons (Fsp3) is 0.462. The number of halogens is 1. The fourth-order valence-corrected chi connectivity index (χ4v) is 1.65. The van der Waals surface area contributed by atoms with Gasteiger partial charge < -0.3 is 15.8 Å². The molecule has 0 aromatic heterocycles. The lowest BCUT2D eigenvalue weighted by atomic mass is 10.1. The number of benzene rings is 1. The number of rotatable bonds is 7. The molecule has 1 rings (SSSR count). The van der Waals surface area contributed by atoms with Gasteiger partial charge in [0.1, 0.15) is 0 Å². The summed E-state index contributed by atoms with van der Waals surface area (Å²) < 4.78 is 18.3. The van der Waals surface area contributed by atoms with E-state index in [-0.39, 0.29) is 23.5 Å². The summed E-state index contributed by atoms with van der Waals surface area (Å²) in [5, 5.41) is 3.20. The number of amides is 1. The number of nitrogens with one attached hydrogen (secondary N) is 1. The van der Waals surface area contributed by atoms with E-state index in [0.29, 0.717) is 19.4 Å². The first kappa shape index (κ1) is 14.4. The molecule has 3 N–H and O–H groups in total. The zero-order valence-corrected chi connectivity index (χ0v) is 10.7. The van der Waals surface area contributed by atoms with Crippen molar-refractivity contribution in [1.82, 2.24) is 5.32 Å². The minimum atomic E-state index is -0.374. The quantitative estimate of drug-likeness (QED) is 0.729. The van der Waals surface area contributed by atoms with Crippen molar-refractivity contribution in [1.29, 1.82) is 0 Å². The molecule has 0 fully saturated rings. The lowest BCUT2D eigenvalue weighted by Gasteiger charge is -2.14. The maximum absolute atomic E-state index is 13.5. The minimum Gasteiger partial charge on any atom is -0.494 e. The van der Waals surface area contributed by atoms with E-state index in [2.05, 4.69) is 5.32 Å². The standard InChI is InChI=1S/C13H19FN2O2/c1-9(16-7-3-4-13(15)17)10-5-6-12(18-2)11(14)8-10/h5-6,8-9,16H,3-4,7H2,1-2H3,(H2,15,17). The van der Waals surface area contributed by atoms with Crippen molar-refractivity contribution < 1.29 is 13.9 Å². The van der Waals surface area contributed by atoms with Crippen LogP contribution in [0.15, 0.2) is 18.2 Å². The van der Waals surface area contributed by atoms with Crippen LogP contribution in [0.4, 0.5) is 4.39 Å². The highest BCUT2D eigenvalue weighted by Crippen LogP contribution is 2.21. The Morgan fingerprint density at radius 1 is 1.56 bits per heavy atom. The molecule has 0 spiro atoms. The highest BCUT2D eigenvalue weighted by atomic mass is 19.1. The molecule has 0 heterocycles. The highest BCUT2D eigenvalue weighted by molar-refractivity contribution is 5.73. The maximum Gasteiger partial charge on any atom is 0.217 e. The molecule has 5 heteroatoms. The Morgan fingerprint density at radius 2 is 2.28 bits per heavy atom. The van der Waals surface area contributed by atoms with Crippen LogP contribution in [0.1, 0.15) is 31.4 Å². The number of hydrogen-bond donors (Lipinski definition) is 2. The van der Waals surface area contributed by atoms with Crippen LogP contribution >= 0.6 is 0 Å². The average molecular weight is 254 g/mol. The molecule has 0 bridgehead atoms. The molecule has 1 atom stereocenters. The molecule has 0 aliphatic rings. The summed E-state index contributed by atoms with van der Waals surface area (Å²) in [6, 6.07) is 4.88. The molecular weight excluding hydrogens is 235 g/mol. The number of carbonyl (C=O) groups excluding carboxylic acids is 1. The van der Waals surface area contributed by atoms with Crippen LogP contribution in [-0.2, 0) is 4.79 Å². The number of nitrogens with two attached hydrogens (primary N) is 1. The van der Waals surface area contributed by atoms with E-state index >= 15 is 0 Å². The van der Waals surface area contributed by atoms with Gasteiger partial charge in [-0.25, -0.2) is 4.39 Å². The van der Waals surface area contributed by atoms with Gasteiger partial charge in [-0.2, -0.15) is 0 Å². The summed E-state index contributed by atoms with van der Waals surface area (Å²) in [6.07, 6.45) is 1.04. The van der Waals surface area contributed by atoms with Gasteiger partial charge in [0.15, 0.2) is 11.6 Å². The predicted molar refractivity (Wildman–Crippen MR) is 67.8 cm³/mol. The number of ether oxygens (including phenoxy) is 1. The third kappa shape index (κ3) is 4.33. The Labute approximate surface area is 106 Å². The van der Waals surface area contributed by atoms with Gasteiger partial charge in [-0.05, 0) is 37.6 Å². The first-order valence-electron chi connectivity index (χ1n) is 5.89. The second-order valence-electron chi connectivity index (χ2n) is 4.14. The minimum absolute atomic E-state index is 0.0123. The SMILES string of the molecule is COc1ccc(C(C)NCCCC(N)=O)cc1F. The number of methoxy groups -OCH3 is 1. The van der Waals surface area contributed by atoms with Crippen molar-refractivity contribution in [3.63, 3.8) is 0 Å². The molecule has 18 heavy (non-hydrogen) atoms. The Bertz CT molecular complexity index is 410. The van der Waals surface area contributed by atoms with Crippen LogP contribution in [0.25, 0.3) is 0 Å². The second-order valence-corrected chi connectivity index (χ2v) is 4.14. The van der Waals surface area contributed by atoms with Gasteiger partial charge in [-0.3, -0.25) is 4.79 Å². The summed E-state index contributed by atoms with van der Waals surface area (Å²) in [4.78, 5) is 10.6. The molecule has 100 valence electrons. The van der Waals surface area contributed by atoms with E-state index in [1.807, 2.05) is 13.0 Å². The predicted octanol–water partition coefficient (Wildman–Crippen LogP) is 1.75. The first-order chi connectivity index (χ1) is 8.54. The Balaban J connectivity index is 2.48. The van der Waals surface area contributed by atoms with E-state index in [4.69, 9.17) is 10.5 Å². The molecule has 0 radical (unpaired) electrons. The molecule has 0 aliphatic carbocycles. The van der Waals surface area contributed by atoms with Crippen molar-refractivity contribution >= 4 is 5.91 Å². The van der Waals surface area contributed by atoms with Crippen LogP contribution in [0, 0.1) is 5.82 Å². The average Bonchev–Trinajstić information content (AvgIpc) is 2.34. The van der Waals surface area contributed by atoms with Crippen molar-refractivity contribution in [2.75, 3.05) is 13.7 Å². The highest BCUT2D eigenvalue weighted by Gasteiger charge is 2.09. The van der Waals surface area contributed by atoms with E-state index in [1.54, 1.807) is 6.07 Å². The van der Waals surface area contributed by atoms with Crippen molar-refractivity contribution in [3.05, 3.63) is 29.6 Å². The van der Waals surface area contributed by atoms with Crippen LogP contribution in [0.2, 0.25) is 0 Å². The molecule has 0 saturated heterocycles. The largest absolute Gasteiger partial charge is 0.494 e. The zero-order valence-electron chi connectivity index (χ0n) is 10.7. The number of primary amides is 1. The summed E-state index contributed by atoms with van der Waals surface area (Å²) in [6.45, 7) is 2.60. The van der Waals surface area contributed by atoms with Gasteiger partial charge in [0.05, 0.1) is 7.11 Å². The van der Waals surface area contributed by atoms with Crippen molar-refractivity contribution in [2.45, 2.75) is 25.8 Å². The zero-order chi connectivity index (χ0) is 13.5. The summed E-state index contributed by atoms with van der Waals surface area (Å²) in [5.74, 6) is -0.444. The molecular formula is C13H19FN2O2. The molecule has 1 aromatic carbocycles. The van der Waals surface area contributed by atoms with E-state index in [9.17, 15) is 9.18 Å². The molecule has 0 aliphatic heterocycles. The van der Waals surface area contributed by atoms with Gasteiger partial charge >= 0.3 is 0 Å². The normalized spacial score (nSPS) is 12.2. The Hall–Kier alpha value is -1.62. The molecule has 0 saturated carbocycles. The van der Waals surface area contributed by atoms with E-state index in [0.717, 1.165) is 5.56 Å². The van der Waals surface area contributed by atoms with Crippen molar-refractivity contribution in [2.24, 2.45) is 5.73 Å². The van der Waals surface area contributed by atoms with Crippen LogP contribution in [0.5, 0.6) is 5.75 Å². The van der Waals surface area contributed by atoms with Crippen molar-refractivity contribution in [3.8, 4) is 5.75 Å². The lowest BCUT2D eigenvalue weighted by molar-refractivity contribution is -0.118. The van der Waals surface area contributed by atoms with Gasteiger partial charge in [-0.1, -0.05) is 6.07 Å². The van der Waals surface area contributed by atoms with Gasteiger partial charge in [0.2, 0.25) is 5.91 Å². The number of hydrogen-bond acceptors (Lipinski definition) is 3. The second kappa shape index (κ2) is 6.96. The Kier molecular flexibility index (Phi) is 5.58. The fourth-order valence-electron chi connectivity index (χ4n) is 1.65. The summed E-state index contributed by atoms with van der Waals surface area (Å²) in [7, 11) is 1.43. The molecule has 4 nitrogen and oxygen atoms in total. The molecule has 1 aromatic rings. The van der Waals surface area contributed by atoms with Gasteiger partial charge in [0.25, 0.3) is 0 Å². The van der Waals surface area contributed by atoms with Gasteiger partial charge in [0, 0.05) is 12.5 Å². The molecule has 1 amide bonds. The third-order valence-electron chi connectivity index (χ3n) is 2.73. The van der Waals surface area contributed by atoms with Crippen LogP contribution in [0.3, 0.4) is 0 Å². The topological polar surface area (TPSA) is 64.3 Å². The van der Waals surface area contributed by atoms with E-state index in [1.165, 1.54) is 13.2 Å². The third-order valence-corrected chi connectivity index (χ3v) is 2.73. The van der Waals surface area contributed by atoms with Crippen LogP contribution in [-0.4, -0.2) is 19.6 Å². The monoisotopic (exact) mass is 254 g/mol. The van der Waals surface area contributed by atoms with E-state index < -0.39 is 0 Å². The summed E-state index contributed by atoms with van der Waals surface area (Å²) >= 11 is 0. The molecule has 1 unspecified atom stereocenters. The number of carbonyl (C=O) groups is 1. The smallest absolute Gasteiger partial charge is 0.217 e. The van der Waals surface area contributed by atoms with Crippen LogP contribution < -0.4 is 15.8 Å².